The van der Waals surface area contributed by atoms with Gasteiger partial charge in [0.25, 0.3) is 11.8 Å². The van der Waals surface area contributed by atoms with Crippen LogP contribution in [0.15, 0.2) is 67.0 Å². The molecule has 7 nitrogen and oxygen atoms in total. The molecule has 1 saturated heterocycles. The molecule has 1 aliphatic carbocycles. The van der Waals surface area contributed by atoms with Gasteiger partial charge in [-0.15, -0.1) is 0 Å². The summed E-state index contributed by atoms with van der Waals surface area (Å²) in [5.74, 6) is -4.28. The lowest BCUT2D eigenvalue weighted by atomic mass is 9.87. The zero-order chi connectivity index (χ0) is 27.7. The first-order chi connectivity index (χ1) is 18.6. The summed E-state index contributed by atoms with van der Waals surface area (Å²) in [6, 6.07) is 10.6. The number of amides is 2. The minimum absolute atomic E-state index is 0.0829. The third kappa shape index (κ3) is 5.56. The van der Waals surface area contributed by atoms with Gasteiger partial charge in [-0.2, -0.15) is 0 Å². The topological polar surface area (TPSA) is 78.4 Å². The molecule has 3 atom stereocenters. The van der Waals surface area contributed by atoms with Crippen LogP contribution in [0, 0.1) is 5.82 Å². The fourth-order valence-electron chi connectivity index (χ4n) is 5.32. The molecule has 2 aliphatic rings. The number of rotatable bonds is 7. The Bertz CT molecular complexity index is 1350. The van der Waals surface area contributed by atoms with Crippen molar-refractivity contribution in [2.45, 2.75) is 62.7 Å². The molecule has 1 aromatic heterocycles. The Kier molecular flexibility index (Phi) is 7.48. The highest BCUT2D eigenvalue weighted by molar-refractivity contribution is 6.31. The third-order valence-corrected chi connectivity index (χ3v) is 7.55. The lowest BCUT2D eigenvalue weighted by molar-refractivity contribution is -0.133. The van der Waals surface area contributed by atoms with Crippen molar-refractivity contribution < 1.29 is 22.8 Å². The second-order valence-corrected chi connectivity index (χ2v) is 10.4. The molecule has 0 radical (unpaired) electrons. The molecule has 0 bridgehead atoms. The molecule has 0 spiro atoms. The fourth-order valence-corrected chi connectivity index (χ4v) is 5.55. The highest BCUT2D eigenvalue weighted by atomic mass is 35.5. The quantitative estimate of drug-likeness (QED) is 0.426. The number of hydrogen-bond acceptors (Lipinski definition) is 5. The summed E-state index contributed by atoms with van der Waals surface area (Å²) >= 11 is 6.53. The van der Waals surface area contributed by atoms with E-state index in [4.69, 9.17) is 11.6 Å². The second kappa shape index (κ2) is 10.8. The van der Waals surface area contributed by atoms with Gasteiger partial charge in [0.2, 0.25) is 11.9 Å². The molecule has 39 heavy (non-hydrogen) atoms. The number of anilines is 2. The predicted molar refractivity (Wildman–Crippen MR) is 141 cm³/mol. The van der Waals surface area contributed by atoms with Gasteiger partial charge in [-0.1, -0.05) is 35.9 Å². The van der Waals surface area contributed by atoms with Gasteiger partial charge < -0.3 is 10.2 Å². The van der Waals surface area contributed by atoms with Crippen LogP contribution in [-0.2, 0) is 9.59 Å². The molecule has 0 unspecified atom stereocenters. The van der Waals surface area contributed by atoms with Crippen LogP contribution < -0.4 is 15.1 Å². The fraction of sp³-hybridized carbons (Fsp3) is 0.357. The third-order valence-electron chi connectivity index (χ3n) is 7.20. The molecular formula is C28H27ClF3N5O2. The molecule has 3 aromatic rings. The van der Waals surface area contributed by atoms with Crippen molar-refractivity contribution in [3.63, 3.8) is 0 Å². The van der Waals surface area contributed by atoms with Gasteiger partial charge in [0, 0.05) is 53.6 Å². The van der Waals surface area contributed by atoms with Crippen molar-refractivity contribution in [3.05, 3.63) is 83.4 Å². The molecule has 2 heterocycles. The molecule has 2 fully saturated rings. The molecule has 2 amide bonds. The molecule has 1 N–H and O–H groups in total. The average molecular weight is 558 g/mol. The SMILES string of the molecule is C[C@H]1CC[C@@H](C(=O)N(c2cccc(F)c2)[C@H](C(=O)NC2CC(F)(F)C2)c2ccccc2Cl)N1c1ncccn1. The normalized spacial score (nSPS) is 21.2. The zero-order valence-electron chi connectivity index (χ0n) is 21.1. The first-order valence-corrected chi connectivity index (χ1v) is 13.1. The smallest absolute Gasteiger partial charge is 0.252 e. The van der Waals surface area contributed by atoms with E-state index < -0.39 is 54.5 Å². The summed E-state index contributed by atoms with van der Waals surface area (Å²) in [6.45, 7) is 1.95. The second-order valence-electron chi connectivity index (χ2n) is 9.98. The van der Waals surface area contributed by atoms with Crippen LogP contribution >= 0.6 is 11.6 Å². The lowest BCUT2D eigenvalue weighted by Gasteiger charge is -2.39. The molecule has 204 valence electrons. The largest absolute Gasteiger partial charge is 0.351 e. The monoisotopic (exact) mass is 557 g/mol. The van der Waals surface area contributed by atoms with Crippen LogP contribution in [0.25, 0.3) is 0 Å². The number of nitrogens with zero attached hydrogens (tertiary/aromatic N) is 4. The maximum atomic E-state index is 14.5. The summed E-state index contributed by atoms with van der Waals surface area (Å²) in [5.41, 5.74) is 0.418. The highest BCUT2D eigenvalue weighted by Crippen LogP contribution is 2.40. The Balaban J connectivity index is 1.59. The Morgan fingerprint density at radius 3 is 2.46 bits per heavy atom. The molecule has 5 rings (SSSR count). The Hall–Kier alpha value is -3.66. The molecule has 1 saturated carbocycles. The minimum Gasteiger partial charge on any atom is -0.351 e. The predicted octanol–water partition coefficient (Wildman–Crippen LogP) is 5.31. The number of hydrogen-bond donors (Lipinski definition) is 1. The van der Waals surface area contributed by atoms with Gasteiger partial charge >= 0.3 is 0 Å². The van der Waals surface area contributed by atoms with Gasteiger partial charge in [-0.25, -0.2) is 23.1 Å². The molecular weight excluding hydrogens is 531 g/mol. The zero-order valence-corrected chi connectivity index (χ0v) is 21.9. The Morgan fingerprint density at radius 2 is 1.79 bits per heavy atom. The van der Waals surface area contributed by atoms with Gasteiger partial charge in [0.1, 0.15) is 17.9 Å². The standard InChI is InChI=1S/C28H27ClF3N5O2/c1-17-10-11-23(36(17)27-33-12-5-13-34-27)26(39)37(20-7-4-6-18(30)14-20)24(21-8-2-3-9-22(21)29)25(38)35-19-15-28(31,32)16-19/h2-9,12-14,17,19,23-24H,10-11,15-16H2,1H3,(H,35,38)/t17-,23-,24-/m0/s1. The van der Waals surface area contributed by atoms with E-state index in [1.807, 2.05) is 6.92 Å². The van der Waals surface area contributed by atoms with Crippen LogP contribution in [0.3, 0.4) is 0 Å². The van der Waals surface area contributed by atoms with E-state index in [-0.39, 0.29) is 22.3 Å². The molecule has 1 aliphatic heterocycles. The van der Waals surface area contributed by atoms with Crippen molar-refractivity contribution in [2.24, 2.45) is 0 Å². The summed E-state index contributed by atoms with van der Waals surface area (Å²) in [4.78, 5) is 39.9. The number of nitrogens with one attached hydrogen (secondary N) is 1. The van der Waals surface area contributed by atoms with Crippen molar-refractivity contribution in [1.29, 1.82) is 0 Å². The van der Waals surface area contributed by atoms with E-state index >= 15 is 0 Å². The van der Waals surface area contributed by atoms with E-state index in [1.165, 1.54) is 23.1 Å². The molecule has 2 aromatic carbocycles. The number of halogens is 4. The number of carbonyl (C=O) groups excluding carboxylic acids is 2. The van der Waals surface area contributed by atoms with E-state index in [1.54, 1.807) is 47.6 Å². The van der Waals surface area contributed by atoms with Crippen LogP contribution in [0.1, 0.15) is 44.2 Å². The van der Waals surface area contributed by atoms with E-state index in [0.717, 1.165) is 6.07 Å². The van der Waals surface area contributed by atoms with E-state index in [9.17, 15) is 22.8 Å². The first kappa shape index (κ1) is 26.9. The lowest BCUT2D eigenvalue weighted by Crippen LogP contribution is -2.56. The van der Waals surface area contributed by atoms with E-state index in [0.29, 0.717) is 18.8 Å². The van der Waals surface area contributed by atoms with Gasteiger partial charge in [-0.05, 0) is 50.1 Å². The van der Waals surface area contributed by atoms with Crippen molar-refractivity contribution in [2.75, 3.05) is 9.80 Å². The van der Waals surface area contributed by atoms with E-state index in [2.05, 4.69) is 15.3 Å². The number of carbonyl (C=O) groups is 2. The van der Waals surface area contributed by atoms with Gasteiger partial charge in [0.15, 0.2) is 0 Å². The van der Waals surface area contributed by atoms with Gasteiger partial charge in [-0.3, -0.25) is 14.5 Å². The van der Waals surface area contributed by atoms with Crippen molar-refractivity contribution in [1.82, 2.24) is 15.3 Å². The van der Waals surface area contributed by atoms with Crippen LogP contribution in [0.5, 0.6) is 0 Å². The van der Waals surface area contributed by atoms with Gasteiger partial charge in [0.05, 0.1) is 0 Å². The number of benzene rings is 2. The van der Waals surface area contributed by atoms with Crippen molar-refractivity contribution in [3.8, 4) is 0 Å². The van der Waals surface area contributed by atoms with Crippen LogP contribution in [0.2, 0.25) is 5.02 Å². The van der Waals surface area contributed by atoms with Crippen molar-refractivity contribution >= 4 is 35.1 Å². The first-order valence-electron chi connectivity index (χ1n) is 12.7. The number of alkyl halides is 2. The highest BCUT2D eigenvalue weighted by Gasteiger charge is 2.48. The maximum absolute atomic E-state index is 14.5. The average Bonchev–Trinajstić information content (AvgIpc) is 3.28. The molecule has 11 heteroatoms. The van der Waals surface area contributed by atoms with Crippen LogP contribution in [0.4, 0.5) is 24.8 Å². The summed E-state index contributed by atoms with van der Waals surface area (Å²) in [5, 5.41) is 2.86. The Labute approximate surface area is 229 Å². The Morgan fingerprint density at radius 1 is 1.08 bits per heavy atom. The summed E-state index contributed by atoms with van der Waals surface area (Å²) in [7, 11) is 0. The minimum atomic E-state index is -2.86. The summed E-state index contributed by atoms with van der Waals surface area (Å²) in [6.07, 6.45) is 3.26. The summed E-state index contributed by atoms with van der Waals surface area (Å²) < 4.78 is 41.6. The van der Waals surface area contributed by atoms with Crippen LogP contribution in [-0.4, -0.2) is 45.8 Å². The number of aromatic nitrogens is 2. The maximum Gasteiger partial charge on any atom is 0.252 e.